The first-order valence-electron chi connectivity index (χ1n) is 11.0. The van der Waals surface area contributed by atoms with Gasteiger partial charge in [0.05, 0.1) is 11.0 Å². The molecule has 0 amide bonds. The molecule has 0 spiro atoms. The van der Waals surface area contributed by atoms with Gasteiger partial charge in [-0.2, -0.15) is 0 Å². The van der Waals surface area contributed by atoms with E-state index in [0.29, 0.717) is 22.3 Å². The van der Waals surface area contributed by atoms with Crippen LogP contribution in [0.2, 0.25) is 0 Å². The molecule has 7 rings (SSSR count). The van der Waals surface area contributed by atoms with Crippen LogP contribution in [0.15, 0.2) is 48.5 Å². The number of benzene rings is 2. The molecule has 4 bridgehead atoms. The first kappa shape index (κ1) is 18.0. The summed E-state index contributed by atoms with van der Waals surface area (Å²) >= 11 is 0. The maximum atomic E-state index is 11.7. The van der Waals surface area contributed by atoms with Gasteiger partial charge in [0.2, 0.25) is 0 Å². The lowest BCUT2D eigenvalue weighted by Gasteiger charge is -2.57. The zero-order valence-electron chi connectivity index (χ0n) is 17.0. The maximum Gasteiger partial charge on any atom is 0.417 e. The van der Waals surface area contributed by atoms with Gasteiger partial charge in [0.25, 0.3) is 0 Å². The Morgan fingerprint density at radius 3 is 2.27 bits per heavy atom. The second-order valence-corrected chi connectivity index (χ2v) is 9.65. The van der Waals surface area contributed by atoms with Crippen molar-refractivity contribution < 1.29 is 14.6 Å². The van der Waals surface area contributed by atoms with Gasteiger partial charge < -0.3 is 9.84 Å². The zero-order chi connectivity index (χ0) is 20.3. The molecule has 1 heterocycles. The summed E-state index contributed by atoms with van der Waals surface area (Å²) in [7, 11) is 0. The summed E-state index contributed by atoms with van der Waals surface area (Å²) in [6, 6.07) is 15.8. The van der Waals surface area contributed by atoms with Gasteiger partial charge in [-0.25, -0.2) is 14.3 Å². The predicted molar refractivity (Wildman–Crippen MR) is 114 cm³/mol. The zero-order valence-corrected chi connectivity index (χ0v) is 17.0. The van der Waals surface area contributed by atoms with Crippen molar-refractivity contribution in [3.63, 3.8) is 0 Å². The first-order chi connectivity index (χ1) is 14.6. The van der Waals surface area contributed by atoms with Gasteiger partial charge in [0.15, 0.2) is 5.82 Å². The molecule has 2 aromatic carbocycles. The van der Waals surface area contributed by atoms with E-state index < -0.39 is 6.09 Å². The molecule has 5 heteroatoms. The smallest absolute Gasteiger partial charge is 0.417 e. The summed E-state index contributed by atoms with van der Waals surface area (Å²) in [6.07, 6.45) is 7.35. The van der Waals surface area contributed by atoms with E-state index in [1.54, 1.807) is 6.07 Å². The number of fused-ring (bicyclic) bond motifs is 1. The van der Waals surface area contributed by atoms with Crippen LogP contribution in [0.25, 0.3) is 11.0 Å². The van der Waals surface area contributed by atoms with Crippen molar-refractivity contribution in [2.24, 2.45) is 17.8 Å². The van der Waals surface area contributed by atoms with Gasteiger partial charge >= 0.3 is 6.09 Å². The van der Waals surface area contributed by atoms with Crippen molar-refractivity contribution in [3.05, 3.63) is 59.9 Å². The fourth-order valence-electron chi connectivity index (χ4n) is 6.90. The van der Waals surface area contributed by atoms with Crippen molar-refractivity contribution in [3.8, 4) is 5.75 Å². The van der Waals surface area contributed by atoms with Gasteiger partial charge in [0, 0.05) is 0 Å². The molecule has 3 aromatic rings. The summed E-state index contributed by atoms with van der Waals surface area (Å²) in [4.78, 5) is 16.2. The Balaban J connectivity index is 1.22. The minimum Gasteiger partial charge on any atom is -0.486 e. The van der Waals surface area contributed by atoms with Gasteiger partial charge in [-0.3, -0.25) is 0 Å². The topological polar surface area (TPSA) is 64.3 Å². The first-order valence-corrected chi connectivity index (χ1v) is 11.0. The molecule has 4 aliphatic rings. The molecule has 1 N–H and O–H groups in total. The second kappa shape index (κ2) is 6.59. The Labute approximate surface area is 175 Å². The number of nitrogens with zero attached hydrogens (tertiary/aromatic N) is 2. The number of carbonyl (C=O) groups is 1. The van der Waals surface area contributed by atoms with Gasteiger partial charge in [-0.05, 0) is 91.5 Å². The molecule has 0 saturated heterocycles. The fourth-order valence-corrected chi connectivity index (χ4v) is 6.90. The van der Waals surface area contributed by atoms with Crippen molar-refractivity contribution >= 4 is 17.1 Å². The van der Waals surface area contributed by atoms with Gasteiger partial charge in [-0.1, -0.05) is 24.3 Å². The van der Waals surface area contributed by atoms with E-state index in [9.17, 15) is 9.90 Å². The quantitative estimate of drug-likeness (QED) is 0.616. The SMILES string of the molecule is O=C(O)n1c(COc2ccc(C34CC5CC(CC(C5)C3)C4)cc2)nc2ccccc21. The molecule has 0 radical (unpaired) electrons. The molecule has 1 aromatic heterocycles. The normalized spacial score (nSPS) is 29.4. The van der Waals surface area contributed by atoms with Gasteiger partial charge in [0.1, 0.15) is 12.4 Å². The summed E-state index contributed by atoms with van der Waals surface area (Å²) < 4.78 is 7.15. The lowest BCUT2D eigenvalue weighted by atomic mass is 9.48. The number of ether oxygens (including phenoxy) is 1. The fraction of sp³-hybridized carbons (Fsp3) is 0.440. The summed E-state index contributed by atoms with van der Waals surface area (Å²) in [5, 5.41) is 9.61. The van der Waals surface area contributed by atoms with E-state index in [-0.39, 0.29) is 6.61 Å². The van der Waals surface area contributed by atoms with E-state index in [1.807, 2.05) is 30.3 Å². The lowest BCUT2D eigenvalue weighted by molar-refractivity contribution is -0.00521. The maximum absolute atomic E-state index is 11.7. The molecule has 0 unspecified atom stereocenters. The molecule has 154 valence electrons. The van der Waals surface area contributed by atoms with Gasteiger partial charge in [-0.15, -0.1) is 0 Å². The number of carboxylic acid groups (broad SMARTS) is 1. The molecule has 0 aliphatic heterocycles. The molecule has 5 nitrogen and oxygen atoms in total. The van der Waals surface area contributed by atoms with Crippen molar-refractivity contribution in [2.75, 3.05) is 0 Å². The van der Waals surface area contributed by atoms with Crippen LogP contribution in [0.1, 0.15) is 49.9 Å². The Hall–Kier alpha value is -2.82. The number of para-hydroxylation sites is 2. The number of aromatic nitrogens is 2. The molecular weight excluding hydrogens is 376 g/mol. The highest BCUT2D eigenvalue weighted by atomic mass is 16.5. The van der Waals surface area contributed by atoms with Crippen LogP contribution in [0.3, 0.4) is 0 Å². The predicted octanol–water partition coefficient (Wildman–Crippen LogP) is 5.61. The molecular formula is C25H26N2O3. The van der Waals surface area contributed by atoms with Crippen molar-refractivity contribution in [2.45, 2.75) is 50.5 Å². The van der Waals surface area contributed by atoms with Crippen molar-refractivity contribution in [1.82, 2.24) is 9.55 Å². The molecule has 4 fully saturated rings. The van der Waals surface area contributed by atoms with Crippen molar-refractivity contribution in [1.29, 1.82) is 0 Å². The van der Waals surface area contributed by atoms with Crippen LogP contribution in [0.4, 0.5) is 4.79 Å². The van der Waals surface area contributed by atoms with E-state index in [2.05, 4.69) is 17.1 Å². The molecule has 0 atom stereocenters. The third-order valence-electron chi connectivity index (χ3n) is 7.69. The lowest BCUT2D eigenvalue weighted by Crippen LogP contribution is -2.48. The Morgan fingerprint density at radius 1 is 1.00 bits per heavy atom. The largest absolute Gasteiger partial charge is 0.486 e. The molecule has 4 aliphatic carbocycles. The minimum absolute atomic E-state index is 0.123. The minimum atomic E-state index is -1.04. The average molecular weight is 402 g/mol. The van der Waals surface area contributed by atoms with E-state index >= 15 is 0 Å². The van der Waals surface area contributed by atoms with Crippen LogP contribution < -0.4 is 4.74 Å². The number of rotatable bonds is 4. The monoisotopic (exact) mass is 402 g/mol. The van der Waals surface area contributed by atoms with Crippen LogP contribution in [0, 0.1) is 17.8 Å². The Kier molecular flexibility index (Phi) is 3.95. The summed E-state index contributed by atoms with van der Waals surface area (Å²) in [6.45, 7) is 0.123. The third-order valence-corrected chi connectivity index (χ3v) is 7.69. The highest BCUT2D eigenvalue weighted by Crippen LogP contribution is 2.60. The Bertz CT molecular complexity index is 1080. The number of hydrogen-bond acceptors (Lipinski definition) is 3. The highest BCUT2D eigenvalue weighted by Gasteiger charge is 2.51. The van der Waals surface area contributed by atoms with E-state index in [0.717, 1.165) is 23.5 Å². The summed E-state index contributed by atoms with van der Waals surface area (Å²) in [5.74, 6) is 3.94. The number of hydrogen-bond donors (Lipinski definition) is 1. The number of imidazole rings is 1. The average Bonchev–Trinajstić information content (AvgIpc) is 3.10. The highest BCUT2D eigenvalue weighted by molar-refractivity contribution is 5.86. The third kappa shape index (κ3) is 2.83. The standard InChI is InChI=1S/C25H26N2O3/c28-24(29)27-22-4-2-1-3-21(22)26-23(27)15-30-20-7-5-19(6-8-20)25-12-16-9-17(13-25)11-18(10-16)14-25/h1-8,16-18H,9-15H2,(H,28,29). The summed E-state index contributed by atoms with van der Waals surface area (Å²) in [5.41, 5.74) is 3.09. The van der Waals surface area contributed by atoms with Crippen LogP contribution in [-0.2, 0) is 12.0 Å². The van der Waals surface area contributed by atoms with Crippen LogP contribution in [0.5, 0.6) is 5.75 Å². The van der Waals surface area contributed by atoms with E-state index in [1.165, 1.54) is 48.7 Å². The molecule has 4 saturated carbocycles. The second-order valence-electron chi connectivity index (χ2n) is 9.65. The van der Waals surface area contributed by atoms with Crippen LogP contribution >= 0.6 is 0 Å². The molecule has 30 heavy (non-hydrogen) atoms. The van der Waals surface area contributed by atoms with E-state index in [4.69, 9.17) is 4.74 Å². The van der Waals surface area contributed by atoms with Crippen LogP contribution in [-0.4, -0.2) is 20.8 Å². The Morgan fingerprint density at radius 2 is 1.63 bits per heavy atom.